The summed E-state index contributed by atoms with van der Waals surface area (Å²) in [7, 11) is 7.82. The molecule has 0 aliphatic carbocycles. The minimum atomic E-state index is -0.414. The molecule has 0 radical (unpaired) electrons. The first-order chi connectivity index (χ1) is 12.9. The molecule has 0 spiro atoms. The van der Waals surface area contributed by atoms with E-state index >= 15 is 0 Å². The highest BCUT2D eigenvalue weighted by molar-refractivity contribution is 6.09. The maximum Gasteiger partial charge on any atom is 0.328 e. The summed E-state index contributed by atoms with van der Waals surface area (Å²) in [5.41, 5.74) is 1.91. The van der Waals surface area contributed by atoms with Crippen LogP contribution in [0.2, 0.25) is 0 Å². The predicted molar refractivity (Wildman–Crippen MR) is 102 cm³/mol. The Kier molecular flexibility index (Phi) is 4.81. The van der Waals surface area contributed by atoms with E-state index in [1.54, 1.807) is 44.4 Å². The largest absolute Gasteiger partial charge is 0.496 e. The van der Waals surface area contributed by atoms with Gasteiger partial charge < -0.3 is 19.5 Å². The lowest BCUT2D eigenvalue weighted by Crippen LogP contribution is -2.19. The number of fused-ring (bicyclic) bond motifs is 1. The summed E-state index contributed by atoms with van der Waals surface area (Å²) in [6.45, 7) is 0. The summed E-state index contributed by atoms with van der Waals surface area (Å²) in [5, 5.41) is 2.83. The van der Waals surface area contributed by atoms with Gasteiger partial charge in [0.15, 0.2) is 0 Å². The fourth-order valence-electron chi connectivity index (χ4n) is 3.05. The fourth-order valence-corrected chi connectivity index (χ4v) is 3.05. The number of carbonyl (C=O) groups is 1. The molecule has 27 heavy (non-hydrogen) atoms. The molecule has 0 aliphatic rings. The fraction of sp³-hybridized carbons (Fsp3) is 0.263. The van der Waals surface area contributed by atoms with Gasteiger partial charge in [-0.25, -0.2) is 4.79 Å². The van der Waals surface area contributed by atoms with Gasteiger partial charge in [-0.1, -0.05) is 6.07 Å². The quantitative estimate of drug-likeness (QED) is 0.743. The van der Waals surface area contributed by atoms with Crippen LogP contribution in [0.1, 0.15) is 10.4 Å². The molecule has 3 aromatic rings. The van der Waals surface area contributed by atoms with Crippen molar-refractivity contribution in [3.05, 3.63) is 46.4 Å². The van der Waals surface area contributed by atoms with Gasteiger partial charge in [0.25, 0.3) is 5.91 Å². The third-order valence-corrected chi connectivity index (χ3v) is 4.50. The van der Waals surface area contributed by atoms with Gasteiger partial charge in [-0.15, -0.1) is 0 Å². The number of ether oxygens (including phenoxy) is 3. The SMILES string of the molecule is COc1cc2c(cc1NC(=O)c1c(OC)cccc1OC)n(C)c(=O)n2C. The number of carbonyl (C=O) groups excluding carboxylic acids is 1. The molecule has 0 atom stereocenters. The van der Waals surface area contributed by atoms with Crippen LogP contribution in [0, 0.1) is 0 Å². The number of anilines is 1. The van der Waals surface area contributed by atoms with Crippen LogP contribution in [0.5, 0.6) is 17.2 Å². The van der Waals surface area contributed by atoms with E-state index < -0.39 is 5.91 Å². The standard InChI is InChI=1S/C19H21N3O5/c1-21-12-9-11(16(27-5)10-13(12)22(2)19(21)24)20-18(23)17-14(25-3)7-6-8-15(17)26-4/h6-10H,1-5H3,(H,20,23). The summed E-state index contributed by atoms with van der Waals surface area (Å²) < 4.78 is 19.0. The van der Waals surface area contributed by atoms with E-state index in [1.807, 2.05) is 0 Å². The zero-order valence-corrected chi connectivity index (χ0v) is 15.8. The van der Waals surface area contributed by atoms with Crippen LogP contribution in [0.3, 0.4) is 0 Å². The highest BCUT2D eigenvalue weighted by Crippen LogP contribution is 2.33. The number of aryl methyl sites for hydroxylation is 2. The van der Waals surface area contributed by atoms with E-state index in [1.165, 1.54) is 30.5 Å². The van der Waals surface area contributed by atoms with Crippen LogP contribution in [0.4, 0.5) is 5.69 Å². The lowest BCUT2D eigenvalue weighted by molar-refractivity contribution is 0.102. The molecule has 142 valence electrons. The van der Waals surface area contributed by atoms with Crippen LogP contribution in [0.25, 0.3) is 11.0 Å². The zero-order chi connectivity index (χ0) is 19.7. The minimum absolute atomic E-state index is 0.165. The highest BCUT2D eigenvalue weighted by Gasteiger charge is 2.21. The third-order valence-electron chi connectivity index (χ3n) is 4.50. The summed E-state index contributed by atoms with van der Waals surface area (Å²) in [5.74, 6) is 0.798. The molecule has 1 aromatic heterocycles. The summed E-state index contributed by atoms with van der Waals surface area (Å²) in [6.07, 6.45) is 0. The maximum atomic E-state index is 12.9. The topological polar surface area (TPSA) is 83.7 Å². The van der Waals surface area contributed by atoms with Crippen molar-refractivity contribution < 1.29 is 19.0 Å². The maximum absolute atomic E-state index is 12.9. The molecule has 8 nitrogen and oxygen atoms in total. The van der Waals surface area contributed by atoms with Gasteiger partial charge in [0, 0.05) is 20.2 Å². The molecule has 8 heteroatoms. The molecule has 1 N–H and O–H groups in total. The lowest BCUT2D eigenvalue weighted by atomic mass is 10.1. The molecular weight excluding hydrogens is 350 g/mol. The second kappa shape index (κ2) is 7.06. The van der Waals surface area contributed by atoms with Crippen molar-refractivity contribution in [1.82, 2.24) is 9.13 Å². The molecule has 0 saturated carbocycles. The summed E-state index contributed by atoms with van der Waals surface area (Å²) in [6, 6.07) is 8.51. The Balaban J connectivity index is 2.11. The third kappa shape index (κ3) is 2.99. The van der Waals surface area contributed by atoms with Crippen molar-refractivity contribution in [2.75, 3.05) is 26.6 Å². The van der Waals surface area contributed by atoms with Crippen LogP contribution < -0.4 is 25.2 Å². The van der Waals surface area contributed by atoms with Gasteiger partial charge >= 0.3 is 5.69 Å². The molecule has 0 saturated heterocycles. The Morgan fingerprint density at radius 1 is 0.889 bits per heavy atom. The number of hydrogen-bond acceptors (Lipinski definition) is 5. The smallest absolute Gasteiger partial charge is 0.328 e. The van der Waals surface area contributed by atoms with Gasteiger partial charge in [-0.3, -0.25) is 13.9 Å². The molecule has 1 heterocycles. The molecule has 0 unspecified atom stereocenters. The minimum Gasteiger partial charge on any atom is -0.496 e. The van der Waals surface area contributed by atoms with Crippen LogP contribution in [-0.4, -0.2) is 36.4 Å². The average molecular weight is 371 g/mol. The Morgan fingerprint density at radius 3 is 1.93 bits per heavy atom. The number of imidazole rings is 1. The number of aromatic nitrogens is 2. The second-order valence-electron chi connectivity index (χ2n) is 5.93. The van der Waals surface area contributed by atoms with Gasteiger partial charge in [0.05, 0.1) is 38.1 Å². The number of rotatable bonds is 5. The summed E-state index contributed by atoms with van der Waals surface area (Å²) >= 11 is 0. The monoisotopic (exact) mass is 371 g/mol. The Hall–Kier alpha value is -3.42. The Morgan fingerprint density at radius 2 is 1.41 bits per heavy atom. The van der Waals surface area contributed by atoms with Crippen molar-refractivity contribution in [3.8, 4) is 17.2 Å². The van der Waals surface area contributed by atoms with Crippen LogP contribution in [-0.2, 0) is 14.1 Å². The molecule has 0 aliphatic heterocycles. The molecular formula is C19H21N3O5. The van der Waals surface area contributed by atoms with Crippen molar-refractivity contribution in [3.63, 3.8) is 0 Å². The number of amides is 1. The second-order valence-corrected chi connectivity index (χ2v) is 5.93. The number of nitrogens with zero attached hydrogens (tertiary/aromatic N) is 2. The van der Waals surface area contributed by atoms with Crippen LogP contribution >= 0.6 is 0 Å². The average Bonchev–Trinajstić information content (AvgIpc) is 2.90. The van der Waals surface area contributed by atoms with Gasteiger partial charge in [0.1, 0.15) is 22.8 Å². The van der Waals surface area contributed by atoms with Crippen molar-refractivity contribution >= 4 is 22.6 Å². The number of nitrogens with one attached hydrogen (secondary N) is 1. The van der Waals surface area contributed by atoms with Gasteiger partial charge in [0.2, 0.25) is 0 Å². The first-order valence-electron chi connectivity index (χ1n) is 8.18. The number of methoxy groups -OCH3 is 3. The predicted octanol–water partition coefficient (Wildman–Crippen LogP) is 2.16. The number of benzene rings is 2. The number of hydrogen-bond donors (Lipinski definition) is 1. The van der Waals surface area contributed by atoms with Crippen molar-refractivity contribution in [2.24, 2.45) is 14.1 Å². The Labute approximate surface area is 155 Å². The van der Waals surface area contributed by atoms with E-state index in [4.69, 9.17) is 14.2 Å². The van der Waals surface area contributed by atoms with Gasteiger partial charge in [-0.2, -0.15) is 0 Å². The molecule has 3 rings (SSSR count). The van der Waals surface area contributed by atoms with Crippen molar-refractivity contribution in [2.45, 2.75) is 0 Å². The van der Waals surface area contributed by atoms with E-state index in [9.17, 15) is 9.59 Å². The zero-order valence-electron chi connectivity index (χ0n) is 15.8. The lowest BCUT2D eigenvalue weighted by Gasteiger charge is -2.15. The molecule has 0 fully saturated rings. The first kappa shape index (κ1) is 18.4. The summed E-state index contributed by atoms with van der Waals surface area (Å²) in [4.78, 5) is 25.1. The Bertz CT molecular complexity index is 1060. The van der Waals surface area contributed by atoms with E-state index in [-0.39, 0.29) is 11.3 Å². The van der Waals surface area contributed by atoms with Gasteiger partial charge in [-0.05, 0) is 18.2 Å². The van der Waals surface area contributed by atoms with Crippen molar-refractivity contribution in [1.29, 1.82) is 0 Å². The van der Waals surface area contributed by atoms with Crippen LogP contribution in [0.15, 0.2) is 35.1 Å². The normalized spacial score (nSPS) is 10.7. The first-order valence-corrected chi connectivity index (χ1v) is 8.18. The molecule has 2 aromatic carbocycles. The van der Waals surface area contributed by atoms with E-state index in [0.29, 0.717) is 34.0 Å². The van der Waals surface area contributed by atoms with E-state index in [2.05, 4.69) is 5.32 Å². The molecule has 1 amide bonds. The molecule has 0 bridgehead atoms. The highest BCUT2D eigenvalue weighted by atomic mass is 16.5. The van der Waals surface area contributed by atoms with E-state index in [0.717, 1.165) is 0 Å².